The summed E-state index contributed by atoms with van der Waals surface area (Å²) in [4.78, 5) is 23.7. The highest BCUT2D eigenvalue weighted by atomic mass is 127. The number of hydrogen-bond acceptors (Lipinski definition) is 2. The fourth-order valence-electron chi connectivity index (χ4n) is 1.92. The summed E-state index contributed by atoms with van der Waals surface area (Å²) >= 11 is 2.18. The van der Waals surface area contributed by atoms with Crippen LogP contribution in [0.15, 0.2) is 54.6 Å². The van der Waals surface area contributed by atoms with E-state index in [1.165, 1.54) is 0 Å². The summed E-state index contributed by atoms with van der Waals surface area (Å²) in [5.41, 5.74) is 1.45. The van der Waals surface area contributed by atoms with E-state index in [-0.39, 0.29) is 11.8 Å². The number of carbonyl (C=O) groups excluding carboxylic acids is 2. The predicted octanol–water partition coefficient (Wildman–Crippen LogP) is 3.44. The Labute approximate surface area is 143 Å². The average Bonchev–Trinajstić information content (AvgIpc) is 2.54. The highest BCUT2D eigenvalue weighted by Crippen LogP contribution is 2.17. The van der Waals surface area contributed by atoms with E-state index in [9.17, 15) is 9.59 Å². The lowest BCUT2D eigenvalue weighted by Gasteiger charge is -2.08. The molecule has 0 spiro atoms. The number of nitrogens with one attached hydrogen (secondary N) is 2. The molecule has 2 aromatic carbocycles. The Morgan fingerprint density at radius 1 is 0.955 bits per heavy atom. The molecule has 0 bridgehead atoms. The van der Waals surface area contributed by atoms with Crippen molar-refractivity contribution in [3.63, 3.8) is 0 Å². The summed E-state index contributed by atoms with van der Waals surface area (Å²) in [6.45, 7) is 0.479. The molecular weight excluding hydrogens is 391 g/mol. The van der Waals surface area contributed by atoms with E-state index in [0.29, 0.717) is 24.9 Å². The Morgan fingerprint density at radius 2 is 1.64 bits per heavy atom. The molecule has 0 aliphatic carbocycles. The van der Waals surface area contributed by atoms with Gasteiger partial charge in [-0.15, -0.1) is 0 Å². The van der Waals surface area contributed by atoms with Crippen LogP contribution < -0.4 is 10.6 Å². The fraction of sp³-hybridized carbons (Fsp3) is 0.176. The van der Waals surface area contributed by atoms with E-state index in [0.717, 1.165) is 9.26 Å². The molecule has 0 heterocycles. The zero-order valence-corrected chi connectivity index (χ0v) is 14.2. The maximum absolute atomic E-state index is 11.9. The van der Waals surface area contributed by atoms with Crippen LogP contribution in [-0.4, -0.2) is 18.4 Å². The summed E-state index contributed by atoms with van der Waals surface area (Å²) in [5, 5.41) is 5.68. The Balaban J connectivity index is 1.69. The number of rotatable bonds is 6. The van der Waals surface area contributed by atoms with Crippen molar-refractivity contribution in [2.24, 2.45) is 0 Å². The van der Waals surface area contributed by atoms with Gasteiger partial charge in [-0.3, -0.25) is 9.59 Å². The first kappa shape index (κ1) is 16.5. The Kier molecular flexibility index (Phi) is 6.39. The molecular formula is C17H17IN2O2. The molecule has 0 radical (unpaired) electrons. The predicted molar refractivity (Wildman–Crippen MR) is 95.8 cm³/mol. The van der Waals surface area contributed by atoms with Crippen LogP contribution in [0.5, 0.6) is 0 Å². The van der Waals surface area contributed by atoms with E-state index >= 15 is 0 Å². The summed E-state index contributed by atoms with van der Waals surface area (Å²) in [5.74, 6) is -0.156. The third kappa shape index (κ3) is 5.14. The second kappa shape index (κ2) is 8.53. The van der Waals surface area contributed by atoms with E-state index in [1.54, 1.807) is 12.1 Å². The molecule has 4 nitrogen and oxygen atoms in total. The number of benzene rings is 2. The summed E-state index contributed by atoms with van der Waals surface area (Å²) in [6.07, 6.45) is 0.980. The molecule has 0 saturated heterocycles. The monoisotopic (exact) mass is 408 g/mol. The average molecular weight is 408 g/mol. The topological polar surface area (TPSA) is 58.2 Å². The molecule has 0 unspecified atom stereocenters. The smallest absolute Gasteiger partial charge is 0.251 e. The van der Waals surface area contributed by atoms with Crippen molar-refractivity contribution >= 4 is 40.1 Å². The highest BCUT2D eigenvalue weighted by Gasteiger charge is 2.06. The lowest BCUT2D eigenvalue weighted by Crippen LogP contribution is -2.25. The first-order valence-corrected chi connectivity index (χ1v) is 8.12. The van der Waals surface area contributed by atoms with Gasteiger partial charge in [0.15, 0.2) is 0 Å². The summed E-state index contributed by atoms with van der Waals surface area (Å²) in [6, 6.07) is 16.7. The number of amides is 2. The SMILES string of the molecule is O=C(CCCNC(=O)c1ccccc1)Nc1ccccc1I. The molecule has 2 N–H and O–H groups in total. The third-order valence-electron chi connectivity index (χ3n) is 3.05. The number of anilines is 1. The van der Waals surface area contributed by atoms with E-state index in [2.05, 4.69) is 33.2 Å². The number of halogens is 1. The zero-order valence-electron chi connectivity index (χ0n) is 12.0. The lowest BCUT2D eigenvalue weighted by molar-refractivity contribution is -0.116. The van der Waals surface area contributed by atoms with Gasteiger partial charge < -0.3 is 10.6 Å². The first-order chi connectivity index (χ1) is 10.7. The number of hydrogen-bond donors (Lipinski definition) is 2. The van der Waals surface area contributed by atoms with Crippen molar-refractivity contribution in [2.45, 2.75) is 12.8 Å². The first-order valence-electron chi connectivity index (χ1n) is 7.04. The van der Waals surface area contributed by atoms with E-state index in [4.69, 9.17) is 0 Å². The Hall–Kier alpha value is -1.89. The van der Waals surface area contributed by atoms with Gasteiger partial charge in [-0.2, -0.15) is 0 Å². The standard InChI is InChI=1S/C17H17IN2O2/c18-14-9-4-5-10-15(14)20-16(21)11-6-12-19-17(22)13-7-2-1-3-8-13/h1-5,7-10H,6,11-12H2,(H,19,22)(H,20,21). The van der Waals surface area contributed by atoms with Gasteiger partial charge in [0.05, 0.1) is 5.69 Å². The maximum atomic E-state index is 11.9. The van der Waals surface area contributed by atoms with Gasteiger partial charge in [0.2, 0.25) is 5.91 Å². The molecule has 0 fully saturated rings. The molecule has 2 rings (SSSR count). The molecule has 5 heteroatoms. The largest absolute Gasteiger partial charge is 0.352 e. The molecule has 2 aromatic rings. The second-order valence-corrected chi connectivity index (χ2v) is 5.92. The van der Waals surface area contributed by atoms with Crippen molar-refractivity contribution in [3.05, 3.63) is 63.7 Å². The van der Waals surface area contributed by atoms with Crippen molar-refractivity contribution in [1.82, 2.24) is 5.32 Å². The quantitative estimate of drug-likeness (QED) is 0.569. The van der Waals surface area contributed by atoms with Crippen molar-refractivity contribution in [3.8, 4) is 0 Å². The van der Waals surface area contributed by atoms with Crippen LogP contribution in [0.1, 0.15) is 23.2 Å². The van der Waals surface area contributed by atoms with Crippen molar-refractivity contribution < 1.29 is 9.59 Å². The van der Waals surface area contributed by atoms with Gasteiger partial charge in [-0.05, 0) is 53.3 Å². The van der Waals surface area contributed by atoms with Gasteiger partial charge in [0.1, 0.15) is 0 Å². The molecule has 22 heavy (non-hydrogen) atoms. The molecule has 0 aliphatic rings. The van der Waals surface area contributed by atoms with Gasteiger partial charge >= 0.3 is 0 Å². The third-order valence-corrected chi connectivity index (χ3v) is 3.99. The van der Waals surface area contributed by atoms with Crippen LogP contribution in [0.2, 0.25) is 0 Å². The molecule has 0 aliphatic heterocycles. The van der Waals surface area contributed by atoms with Gasteiger partial charge in [-0.1, -0.05) is 30.3 Å². The fourth-order valence-corrected chi connectivity index (χ4v) is 2.44. The summed E-state index contributed by atoms with van der Waals surface area (Å²) < 4.78 is 1.01. The van der Waals surface area contributed by atoms with Crippen molar-refractivity contribution in [2.75, 3.05) is 11.9 Å². The van der Waals surface area contributed by atoms with E-state index in [1.807, 2.05) is 42.5 Å². The number of para-hydroxylation sites is 1. The van der Waals surface area contributed by atoms with Gasteiger partial charge in [0.25, 0.3) is 5.91 Å². The Bertz CT molecular complexity index is 644. The molecule has 2 amide bonds. The molecule has 114 valence electrons. The molecule has 0 saturated carbocycles. The minimum atomic E-state index is -0.112. The minimum absolute atomic E-state index is 0.0434. The lowest BCUT2D eigenvalue weighted by atomic mass is 10.2. The maximum Gasteiger partial charge on any atom is 0.251 e. The van der Waals surface area contributed by atoms with Crippen molar-refractivity contribution in [1.29, 1.82) is 0 Å². The van der Waals surface area contributed by atoms with Crippen LogP contribution in [0.25, 0.3) is 0 Å². The van der Waals surface area contributed by atoms with Crippen LogP contribution in [0.3, 0.4) is 0 Å². The highest BCUT2D eigenvalue weighted by molar-refractivity contribution is 14.1. The molecule has 0 aromatic heterocycles. The van der Waals surface area contributed by atoms with Crippen LogP contribution in [-0.2, 0) is 4.79 Å². The Morgan fingerprint density at radius 3 is 2.36 bits per heavy atom. The van der Waals surface area contributed by atoms with E-state index < -0.39 is 0 Å². The second-order valence-electron chi connectivity index (χ2n) is 4.75. The normalized spacial score (nSPS) is 10.0. The zero-order chi connectivity index (χ0) is 15.8. The molecule has 0 atom stereocenters. The minimum Gasteiger partial charge on any atom is -0.352 e. The number of carbonyl (C=O) groups is 2. The van der Waals surface area contributed by atoms with Crippen LogP contribution >= 0.6 is 22.6 Å². The van der Waals surface area contributed by atoms with Crippen LogP contribution in [0, 0.1) is 3.57 Å². The van der Waals surface area contributed by atoms with Gasteiger partial charge in [0, 0.05) is 22.1 Å². The summed E-state index contributed by atoms with van der Waals surface area (Å²) in [7, 11) is 0. The van der Waals surface area contributed by atoms with Gasteiger partial charge in [-0.25, -0.2) is 0 Å². The van der Waals surface area contributed by atoms with Crippen LogP contribution in [0.4, 0.5) is 5.69 Å².